The largest absolute Gasteiger partial charge is 0.338 e. The third-order valence-electron chi connectivity index (χ3n) is 2.51. The van der Waals surface area contributed by atoms with Gasteiger partial charge in [0.15, 0.2) is 5.82 Å². The minimum atomic E-state index is -0.154. The van der Waals surface area contributed by atoms with E-state index in [1.165, 1.54) is 0 Å². The second kappa shape index (κ2) is 5.54. The van der Waals surface area contributed by atoms with Gasteiger partial charge in [-0.15, -0.1) is 0 Å². The van der Waals surface area contributed by atoms with Gasteiger partial charge in [-0.25, -0.2) is 0 Å². The SMILES string of the molecule is CCCC(N)c1nc(Cc2ccncc2)no1. The molecule has 0 aliphatic carbocycles. The van der Waals surface area contributed by atoms with Crippen molar-refractivity contribution in [3.05, 3.63) is 41.8 Å². The van der Waals surface area contributed by atoms with Crippen LogP contribution in [-0.2, 0) is 6.42 Å². The zero-order valence-corrected chi connectivity index (χ0v) is 9.84. The van der Waals surface area contributed by atoms with E-state index in [-0.39, 0.29) is 6.04 Å². The third-order valence-corrected chi connectivity index (χ3v) is 2.51. The lowest BCUT2D eigenvalue weighted by molar-refractivity contribution is 0.345. The lowest BCUT2D eigenvalue weighted by Gasteiger charge is -2.02. The molecule has 90 valence electrons. The summed E-state index contributed by atoms with van der Waals surface area (Å²) in [5.41, 5.74) is 7.01. The van der Waals surface area contributed by atoms with Crippen LogP contribution in [0.25, 0.3) is 0 Å². The van der Waals surface area contributed by atoms with Crippen LogP contribution >= 0.6 is 0 Å². The monoisotopic (exact) mass is 232 g/mol. The van der Waals surface area contributed by atoms with Gasteiger partial charge in [0.25, 0.3) is 0 Å². The molecule has 0 bridgehead atoms. The highest BCUT2D eigenvalue weighted by Crippen LogP contribution is 2.14. The minimum Gasteiger partial charge on any atom is -0.338 e. The van der Waals surface area contributed by atoms with E-state index >= 15 is 0 Å². The van der Waals surface area contributed by atoms with Crippen molar-refractivity contribution in [2.24, 2.45) is 5.73 Å². The molecule has 2 N–H and O–H groups in total. The van der Waals surface area contributed by atoms with Gasteiger partial charge in [0.05, 0.1) is 6.04 Å². The second-order valence-electron chi connectivity index (χ2n) is 3.98. The molecule has 2 heterocycles. The predicted octanol–water partition coefficient (Wildman–Crippen LogP) is 1.86. The lowest BCUT2D eigenvalue weighted by atomic mass is 10.2. The molecule has 0 aliphatic rings. The van der Waals surface area contributed by atoms with Crippen molar-refractivity contribution in [1.29, 1.82) is 0 Å². The van der Waals surface area contributed by atoms with Gasteiger partial charge in [-0.1, -0.05) is 18.5 Å². The van der Waals surface area contributed by atoms with E-state index in [2.05, 4.69) is 22.0 Å². The summed E-state index contributed by atoms with van der Waals surface area (Å²) in [6, 6.07) is 3.71. The molecule has 0 saturated heterocycles. The molecule has 5 nitrogen and oxygen atoms in total. The average Bonchev–Trinajstić information content (AvgIpc) is 2.79. The van der Waals surface area contributed by atoms with Gasteiger partial charge in [0, 0.05) is 18.8 Å². The molecule has 0 fully saturated rings. The van der Waals surface area contributed by atoms with Gasteiger partial charge >= 0.3 is 0 Å². The zero-order valence-electron chi connectivity index (χ0n) is 9.84. The van der Waals surface area contributed by atoms with Gasteiger partial charge in [-0.2, -0.15) is 4.98 Å². The van der Waals surface area contributed by atoms with Crippen molar-refractivity contribution < 1.29 is 4.52 Å². The fourth-order valence-electron chi connectivity index (χ4n) is 1.61. The highest BCUT2D eigenvalue weighted by molar-refractivity contribution is 5.14. The number of hydrogen-bond donors (Lipinski definition) is 1. The summed E-state index contributed by atoms with van der Waals surface area (Å²) in [7, 11) is 0. The molecule has 2 aromatic heterocycles. The summed E-state index contributed by atoms with van der Waals surface area (Å²) in [5.74, 6) is 1.19. The highest BCUT2D eigenvalue weighted by atomic mass is 16.5. The molecule has 2 rings (SSSR count). The maximum Gasteiger partial charge on any atom is 0.243 e. The van der Waals surface area contributed by atoms with E-state index < -0.39 is 0 Å². The molecule has 1 atom stereocenters. The van der Waals surface area contributed by atoms with Crippen molar-refractivity contribution in [2.75, 3.05) is 0 Å². The fourth-order valence-corrected chi connectivity index (χ4v) is 1.61. The number of rotatable bonds is 5. The first-order valence-corrected chi connectivity index (χ1v) is 5.76. The van der Waals surface area contributed by atoms with Crippen LogP contribution in [-0.4, -0.2) is 15.1 Å². The molecule has 5 heteroatoms. The molecule has 0 aromatic carbocycles. The number of pyridine rings is 1. The van der Waals surface area contributed by atoms with Gasteiger partial charge < -0.3 is 10.3 Å². The van der Waals surface area contributed by atoms with Crippen LogP contribution < -0.4 is 5.73 Å². The quantitative estimate of drug-likeness (QED) is 0.851. The first kappa shape index (κ1) is 11.7. The second-order valence-corrected chi connectivity index (χ2v) is 3.98. The van der Waals surface area contributed by atoms with Crippen molar-refractivity contribution in [2.45, 2.75) is 32.2 Å². The Morgan fingerprint density at radius 1 is 1.35 bits per heavy atom. The van der Waals surface area contributed by atoms with Crippen LogP contribution in [0.4, 0.5) is 0 Å². The van der Waals surface area contributed by atoms with Crippen molar-refractivity contribution in [1.82, 2.24) is 15.1 Å². The Bertz CT molecular complexity index is 455. The Morgan fingerprint density at radius 3 is 2.82 bits per heavy atom. The van der Waals surface area contributed by atoms with Gasteiger partial charge in [-0.05, 0) is 24.1 Å². The van der Waals surface area contributed by atoms with E-state index in [0.29, 0.717) is 18.1 Å². The average molecular weight is 232 g/mol. The summed E-state index contributed by atoms with van der Waals surface area (Å²) in [6.45, 7) is 2.08. The molecule has 0 aliphatic heterocycles. The van der Waals surface area contributed by atoms with Crippen LogP contribution in [0.2, 0.25) is 0 Å². The van der Waals surface area contributed by atoms with Crippen LogP contribution in [0.1, 0.15) is 43.1 Å². The number of nitrogens with two attached hydrogens (primary N) is 1. The third kappa shape index (κ3) is 3.10. The van der Waals surface area contributed by atoms with E-state index in [1.807, 2.05) is 12.1 Å². The molecule has 0 saturated carbocycles. The smallest absolute Gasteiger partial charge is 0.243 e. The van der Waals surface area contributed by atoms with E-state index in [1.54, 1.807) is 12.4 Å². The first-order valence-electron chi connectivity index (χ1n) is 5.76. The highest BCUT2D eigenvalue weighted by Gasteiger charge is 2.13. The summed E-state index contributed by atoms with van der Waals surface area (Å²) in [5, 5.41) is 3.93. The standard InChI is InChI=1S/C12H16N4O/c1-2-3-10(13)12-15-11(16-17-12)8-9-4-6-14-7-5-9/h4-7,10H,2-3,8,13H2,1H3. The Balaban J connectivity index is 2.04. The maximum absolute atomic E-state index is 5.91. The molecule has 0 spiro atoms. The van der Waals surface area contributed by atoms with Crippen LogP contribution in [0.15, 0.2) is 29.0 Å². The Kier molecular flexibility index (Phi) is 3.82. The molecular formula is C12H16N4O. The lowest BCUT2D eigenvalue weighted by Crippen LogP contribution is -2.10. The van der Waals surface area contributed by atoms with E-state index in [0.717, 1.165) is 18.4 Å². The summed E-state index contributed by atoms with van der Waals surface area (Å²) < 4.78 is 5.15. The normalized spacial score (nSPS) is 12.6. The van der Waals surface area contributed by atoms with Crippen molar-refractivity contribution in [3.8, 4) is 0 Å². The van der Waals surface area contributed by atoms with Gasteiger partial charge in [0.1, 0.15) is 0 Å². The first-order chi connectivity index (χ1) is 8.29. The van der Waals surface area contributed by atoms with Crippen LogP contribution in [0.5, 0.6) is 0 Å². The Hall–Kier alpha value is -1.75. The molecular weight excluding hydrogens is 216 g/mol. The minimum absolute atomic E-state index is 0.154. The number of hydrogen-bond acceptors (Lipinski definition) is 5. The van der Waals surface area contributed by atoms with Crippen molar-refractivity contribution in [3.63, 3.8) is 0 Å². The fraction of sp³-hybridized carbons (Fsp3) is 0.417. The van der Waals surface area contributed by atoms with Crippen LogP contribution in [0.3, 0.4) is 0 Å². The number of aromatic nitrogens is 3. The predicted molar refractivity (Wildman–Crippen MR) is 63.2 cm³/mol. The van der Waals surface area contributed by atoms with Gasteiger partial charge in [0.2, 0.25) is 5.89 Å². The molecule has 0 radical (unpaired) electrons. The summed E-state index contributed by atoms with van der Waals surface area (Å²) >= 11 is 0. The Morgan fingerprint density at radius 2 is 2.12 bits per heavy atom. The number of nitrogens with zero attached hydrogens (tertiary/aromatic N) is 3. The van der Waals surface area contributed by atoms with Gasteiger partial charge in [-0.3, -0.25) is 4.98 Å². The summed E-state index contributed by atoms with van der Waals surface area (Å²) in [6.07, 6.45) is 6.00. The molecule has 2 aromatic rings. The maximum atomic E-state index is 5.91. The van der Waals surface area contributed by atoms with Crippen molar-refractivity contribution >= 4 is 0 Å². The van der Waals surface area contributed by atoms with E-state index in [4.69, 9.17) is 10.3 Å². The Labute approximate surface area is 100 Å². The topological polar surface area (TPSA) is 77.8 Å². The molecule has 1 unspecified atom stereocenters. The molecule has 17 heavy (non-hydrogen) atoms. The molecule has 0 amide bonds. The van der Waals surface area contributed by atoms with Crippen LogP contribution in [0, 0.1) is 0 Å². The summed E-state index contributed by atoms with van der Waals surface area (Å²) in [4.78, 5) is 8.26. The zero-order chi connectivity index (χ0) is 12.1. The van der Waals surface area contributed by atoms with E-state index in [9.17, 15) is 0 Å².